The van der Waals surface area contributed by atoms with E-state index in [1.807, 2.05) is 40.9 Å². The minimum atomic E-state index is -0.808. The van der Waals surface area contributed by atoms with Crippen LogP contribution in [0.2, 0.25) is 0 Å². The van der Waals surface area contributed by atoms with Gasteiger partial charge in [0, 0.05) is 29.8 Å². The summed E-state index contributed by atoms with van der Waals surface area (Å²) in [6, 6.07) is 12.4. The first-order valence-corrected chi connectivity index (χ1v) is 9.17. The average molecular weight is 339 g/mol. The summed E-state index contributed by atoms with van der Waals surface area (Å²) in [5, 5.41) is 11.1. The fourth-order valence-corrected chi connectivity index (χ4v) is 4.58. The van der Waals surface area contributed by atoms with Gasteiger partial charge < -0.3 is 10.0 Å². The lowest BCUT2D eigenvalue weighted by Crippen LogP contribution is -2.49. The van der Waals surface area contributed by atoms with Crippen molar-refractivity contribution in [2.24, 2.45) is 0 Å². The van der Waals surface area contributed by atoms with Crippen LogP contribution in [0.4, 0.5) is 0 Å². The van der Waals surface area contributed by atoms with Gasteiger partial charge in [0.1, 0.15) is 5.70 Å². The Hall–Kier alpha value is -2.27. The molecule has 1 aromatic carbocycles. The van der Waals surface area contributed by atoms with Crippen molar-refractivity contribution >= 4 is 28.6 Å². The second kappa shape index (κ2) is 6.32. The Bertz CT molecular complexity index is 854. The fraction of sp³-hybridized carbons (Fsp3) is 0.263. The molecule has 24 heavy (non-hydrogen) atoms. The van der Waals surface area contributed by atoms with Crippen LogP contribution in [-0.4, -0.2) is 33.6 Å². The zero-order valence-corrected chi connectivity index (χ0v) is 14.1. The van der Waals surface area contributed by atoms with E-state index in [9.17, 15) is 9.90 Å². The number of pyridine rings is 1. The SMILES string of the molecule is O=C(O)C1=C(C=CC[n+]2cccc3ccccc32)CSC2CCN12. The zero-order chi connectivity index (χ0) is 16.5. The minimum absolute atomic E-state index is 0.362. The summed E-state index contributed by atoms with van der Waals surface area (Å²) in [7, 11) is 0. The summed E-state index contributed by atoms with van der Waals surface area (Å²) in [4.78, 5) is 13.6. The summed E-state index contributed by atoms with van der Waals surface area (Å²) in [5.41, 5.74) is 2.59. The third kappa shape index (κ3) is 2.69. The van der Waals surface area contributed by atoms with E-state index in [2.05, 4.69) is 35.0 Å². The molecule has 4 rings (SSSR count). The fourth-order valence-electron chi connectivity index (χ4n) is 3.31. The smallest absolute Gasteiger partial charge is 0.352 e. The highest BCUT2D eigenvalue weighted by Crippen LogP contribution is 2.39. The van der Waals surface area contributed by atoms with Crippen molar-refractivity contribution in [2.75, 3.05) is 12.3 Å². The highest BCUT2D eigenvalue weighted by Gasteiger charge is 2.37. The van der Waals surface area contributed by atoms with Crippen LogP contribution >= 0.6 is 11.8 Å². The van der Waals surface area contributed by atoms with Crippen molar-refractivity contribution in [3.05, 3.63) is 66.0 Å². The molecule has 3 heterocycles. The number of aliphatic carboxylic acids is 1. The number of fused-ring (bicyclic) bond motifs is 2. The van der Waals surface area contributed by atoms with Crippen LogP contribution in [0.15, 0.2) is 66.0 Å². The minimum Gasteiger partial charge on any atom is -0.477 e. The topological polar surface area (TPSA) is 44.4 Å². The van der Waals surface area contributed by atoms with Crippen molar-refractivity contribution in [3.63, 3.8) is 0 Å². The summed E-state index contributed by atoms with van der Waals surface area (Å²) >= 11 is 1.84. The van der Waals surface area contributed by atoms with E-state index >= 15 is 0 Å². The van der Waals surface area contributed by atoms with Gasteiger partial charge in [-0.1, -0.05) is 18.2 Å². The second-order valence-corrected chi connectivity index (χ2v) is 7.21. The summed E-state index contributed by atoms with van der Waals surface area (Å²) in [5.74, 6) is -0.0306. The quantitative estimate of drug-likeness (QED) is 0.870. The highest BCUT2D eigenvalue weighted by molar-refractivity contribution is 8.00. The standard InChI is InChI=1S/C19H18N2O2S/c22-19(23)18-15(13-24-17-9-12-21(17)18)7-4-11-20-10-3-6-14-5-1-2-8-16(14)20/h1-8,10,17H,9,11-13H2/p+1. The molecule has 122 valence electrons. The molecule has 2 aliphatic rings. The maximum Gasteiger partial charge on any atom is 0.352 e. The number of benzene rings is 1. The Labute approximate surface area is 145 Å². The predicted octanol–water partition coefficient (Wildman–Crippen LogP) is 2.80. The van der Waals surface area contributed by atoms with Crippen LogP contribution in [0.3, 0.4) is 0 Å². The molecule has 0 radical (unpaired) electrons. The van der Waals surface area contributed by atoms with E-state index in [0.29, 0.717) is 11.1 Å². The molecule has 4 nitrogen and oxygen atoms in total. The van der Waals surface area contributed by atoms with Crippen LogP contribution in [0.25, 0.3) is 10.9 Å². The molecule has 1 unspecified atom stereocenters. The third-order valence-corrected chi connectivity index (χ3v) is 5.95. The molecule has 1 fully saturated rings. The van der Waals surface area contributed by atoms with Crippen LogP contribution in [0.5, 0.6) is 0 Å². The van der Waals surface area contributed by atoms with E-state index in [1.165, 1.54) is 10.9 Å². The molecular weight excluding hydrogens is 320 g/mol. The number of carboxylic acids is 1. The number of hydrogen-bond acceptors (Lipinski definition) is 3. The van der Waals surface area contributed by atoms with Gasteiger partial charge in [-0.3, -0.25) is 0 Å². The van der Waals surface area contributed by atoms with Crippen LogP contribution in [-0.2, 0) is 11.3 Å². The van der Waals surface area contributed by atoms with Gasteiger partial charge in [-0.15, -0.1) is 11.8 Å². The lowest BCUT2D eigenvalue weighted by molar-refractivity contribution is -0.661. The number of rotatable bonds is 4. The maximum absolute atomic E-state index is 11.6. The summed E-state index contributed by atoms with van der Waals surface area (Å²) in [6.07, 6.45) is 7.19. The van der Waals surface area contributed by atoms with Gasteiger partial charge >= 0.3 is 5.97 Å². The largest absolute Gasteiger partial charge is 0.477 e. The molecule has 1 aromatic heterocycles. The number of para-hydroxylation sites is 1. The van der Waals surface area contributed by atoms with Gasteiger partial charge in [0.25, 0.3) is 0 Å². The van der Waals surface area contributed by atoms with Gasteiger partial charge in [-0.05, 0) is 30.2 Å². The van der Waals surface area contributed by atoms with Crippen molar-refractivity contribution in [1.82, 2.24) is 4.90 Å². The van der Waals surface area contributed by atoms with Crippen molar-refractivity contribution in [2.45, 2.75) is 18.3 Å². The molecule has 1 saturated heterocycles. The molecular formula is C19H19N2O2S+. The molecule has 1 atom stereocenters. The van der Waals surface area contributed by atoms with Crippen molar-refractivity contribution in [3.8, 4) is 0 Å². The normalized spacial score (nSPS) is 20.3. The molecule has 0 bridgehead atoms. The van der Waals surface area contributed by atoms with Crippen LogP contribution in [0.1, 0.15) is 6.42 Å². The van der Waals surface area contributed by atoms with E-state index in [4.69, 9.17) is 0 Å². The molecule has 0 spiro atoms. The van der Waals surface area contributed by atoms with E-state index in [-0.39, 0.29) is 0 Å². The summed E-state index contributed by atoms with van der Waals surface area (Å²) in [6.45, 7) is 1.58. The molecule has 5 heteroatoms. The Kier molecular flexibility index (Phi) is 4.02. The lowest BCUT2D eigenvalue weighted by atomic mass is 10.1. The molecule has 0 saturated carbocycles. The monoisotopic (exact) mass is 339 g/mol. The first kappa shape index (κ1) is 15.3. The van der Waals surface area contributed by atoms with E-state index < -0.39 is 5.97 Å². The predicted molar refractivity (Wildman–Crippen MR) is 95.5 cm³/mol. The van der Waals surface area contributed by atoms with Crippen LogP contribution < -0.4 is 4.57 Å². The lowest BCUT2D eigenvalue weighted by Gasteiger charge is -2.45. The number of carboxylic acid groups (broad SMARTS) is 1. The first-order chi connectivity index (χ1) is 11.7. The van der Waals surface area contributed by atoms with Gasteiger partial charge in [0.15, 0.2) is 12.7 Å². The van der Waals surface area contributed by atoms with Gasteiger partial charge in [-0.25, -0.2) is 4.79 Å². The van der Waals surface area contributed by atoms with Crippen molar-refractivity contribution < 1.29 is 14.5 Å². The molecule has 2 aromatic rings. The molecule has 0 amide bonds. The maximum atomic E-state index is 11.6. The number of nitrogens with zero attached hydrogens (tertiary/aromatic N) is 2. The number of aromatic nitrogens is 1. The van der Waals surface area contributed by atoms with Gasteiger partial charge in [0.05, 0.1) is 5.37 Å². The Morgan fingerprint density at radius 2 is 2.17 bits per heavy atom. The number of allylic oxidation sites excluding steroid dienone is 2. The molecule has 1 N–H and O–H groups in total. The summed E-state index contributed by atoms with van der Waals surface area (Å²) < 4.78 is 2.18. The Morgan fingerprint density at radius 1 is 1.33 bits per heavy atom. The molecule has 2 aliphatic heterocycles. The number of thioether (sulfide) groups is 1. The van der Waals surface area contributed by atoms with Crippen LogP contribution in [0, 0.1) is 0 Å². The van der Waals surface area contributed by atoms with E-state index in [0.717, 1.165) is 30.8 Å². The Balaban J connectivity index is 1.59. The third-order valence-electron chi connectivity index (χ3n) is 4.60. The van der Waals surface area contributed by atoms with Crippen molar-refractivity contribution in [1.29, 1.82) is 0 Å². The van der Waals surface area contributed by atoms with Gasteiger partial charge in [-0.2, -0.15) is 4.57 Å². The number of carbonyl (C=O) groups is 1. The highest BCUT2D eigenvalue weighted by atomic mass is 32.2. The Morgan fingerprint density at radius 3 is 2.96 bits per heavy atom. The number of hydrogen-bond donors (Lipinski definition) is 1. The average Bonchev–Trinajstić information content (AvgIpc) is 2.56. The first-order valence-electron chi connectivity index (χ1n) is 8.12. The van der Waals surface area contributed by atoms with Gasteiger partial charge in [0.2, 0.25) is 5.52 Å². The molecule has 0 aliphatic carbocycles. The zero-order valence-electron chi connectivity index (χ0n) is 13.3. The second-order valence-electron chi connectivity index (χ2n) is 6.05. The van der Waals surface area contributed by atoms with E-state index in [1.54, 1.807) is 0 Å².